The molecular weight excluding hydrogens is 319 g/mol. The fourth-order valence-corrected chi connectivity index (χ4v) is 2.54. The molecule has 0 atom stereocenters. The average molecular weight is 330 g/mol. The highest BCUT2D eigenvalue weighted by Gasteiger charge is 2.27. The lowest BCUT2D eigenvalue weighted by atomic mass is 10.2. The summed E-state index contributed by atoms with van der Waals surface area (Å²) in [6.07, 6.45) is -4.32. The van der Waals surface area contributed by atoms with Crippen LogP contribution < -0.4 is 0 Å². The van der Waals surface area contributed by atoms with E-state index in [9.17, 15) is 13.2 Å². The smallest absolute Gasteiger partial charge is 0.268 e. The molecule has 2 rings (SSSR count). The third-order valence-corrected chi connectivity index (χ3v) is 3.77. The summed E-state index contributed by atoms with van der Waals surface area (Å²) in [5, 5.41) is 0.906. The highest BCUT2D eigenvalue weighted by Crippen LogP contribution is 2.26. The van der Waals surface area contributed by atoms with Gasteiger partial charge in [0.1, 0.15) is 11.6 Å². The van der Waals surface area contributed by atoms with Crippen LogP contribution in [0.25, 0.3) is 0 Å². The largest absolute Gasteiger partial charge is 0.407 e. The van der Waals surface area contributed by atoms with Crippen molar-refractivity contribution in [3.8, 4) is 0 Å². The number of hydrogen-bond acceptors (Lipinski definition) is 2. The van der Waals surface area contributed by atoms with E-state index in [-0.39, 0.29) is 0 Å². The molecule has 2 aromatic carbocycles. The van der Waals surface area contributed by atoms with Gasteiger partial charge in [0.15, 0.2) is 0 Å². The van der Waals surface area contributed by atoms with Crippen LogP contribution in [0.15, 0.2) is 64.5 Å². The summed E-state index contributed by atoms with van der Waals surface area (Å²) in [6.45, 7) is -1.20. The van der Waals surface area contributed by atoms with Gasteiger partial charge in [-0.05, 0) is 24.3 Å². The van der Waals surface area contributed by atoms with Crippen LogP contribution in [0, 0.1) is 0 Å². The number of alkyl halides is 3. The summed E-state index contributed by atoms with van der Waals surface area (Å²) in [5.41, 5.74) is 0.654. The number of rotatable bonds is 3. The van der Waals surface area contributed by atoms with Crippen molar-refractivity contribution in [1.29, 1.82) is 0 Å². The SMILES string of the molecule is FC(F)(F)CN=C(Sc1ccc(Cl)cc1)c1ccccc1. The highest BCUT2D eigenvalue weighted by atomic mass is 35.5. The minimum atomic E-state index is -4.32. The lowest BCUT2D eigenvalue weighted by Crippen LogP contribution is -2.13. The first-order chi connectivity index (χ1) is 9.94. The summed E-state index contributed by atoms with van der Waals surface area (Å²) < 4.78 is 37.2. The van der Waals surface area contributed by atoms with Crippen LogP contribution in [-0.4, -0.2) is 17.8 Å². The fourth-order valence-electron chi connectivity index (χ4n) is 1.54. The summed E-state index contributed by atoms with van der Waals surface area (Å²) in [4.78, 5) is 4.49. The molecule has 0 saturated heterocycles. The van der Waals surface area contributed by atoms with Crippen LogP contribution in [-0.2, 0) is 0 Å². The molecule has 0 aliphatic heterocycles. The number of aliphatic imine (C=N–C) groups is 1. The number of thioether (sulfide) groups is 1. The predicted octanol–water partition coefficient (Wildman–Crippen LogP) is 5.44. The van der Waals surface area contributed by atoms with Crippen LogP contribution in [0.3, 0.4) is 0 Å². The van der Waals surface area contributed by atoms with Crippen molar-refractivity contribution in [2.24, 2.45) is 4.99 Å². The molecule has 0 saturated carbocycles. The monoisotopic (exact) mass is 329 g/mol. The minimum Gasteiger partial charge on any atom is -0.268 e. The zero-order valence-corrected chi connectivity index (χ0v) is 12.3. The molecule has 0 amide bonds. The van der Waals surface area contributed by atoms with Gasteiger partial charge in [-0.25, -0.2) is 0 Å². The van der Waals surface area contributed by atoms with Crippen molar-refractivity contribution in [3.05, 3.63) is 65.2 Å². The Morgan fingerprint density at radius 1 is 1.00 bits per heavy atom. The van der Waals surface area contributed by atoms with E-state index < -0.39 is 12.7 Å². The standard InChI is InChI=1S/C15H11ClF3NS/c16-12-6-8-13(9-7-12)21-14(20-10-15(17,18)19)11-4-2-1-3-5-11/h1-9H,10H2. The van der Waals surface area contributed by atoms with Gasteiger partial charge in [-0.1, -0.05) is 53.7 Å². The number of benzene rings is 2. The minimum absolute atomic E-state index is 0.329. The Morgan fingerprint density at radius 3 is 2.19 bits per heavy atom. The molecule has 1 nitrogen and oxygen atoms in total. The first kappa shape index (κ1) is 15.9. The molecule has 6 heteroatoms. The maximum atomic E-state index is 12.4. The maximum absolute atomic E-state index is 12.4. The van der Waals surface area contributed by atoms with Crippen molar-refractivity contribution in [1.82, 2.24) is 0 Å². The van der Waals surface area contributed by atoms with E-state index in [0.29, 0.717) is 15.6 Å². The molecule has 2 aromatic rings. The van der Waals surface area contributed by atoms with Crippen LogP contribution in [0.5, 0.6) is 0 Å². The Morgan fingerprint density at radius 2 is 1.62 bits per heavy atom. The summed E-state index contributed by atoms with van der Waals surface area (Å²) in [7, 11) is 0. The average Bonchev–Trinajstić information content (AvgIpc) is 2.45. The molecule has 0 unspecified atom stereocenters. The molecule has 0 aliphatic rings. The van der Waals surface area contributed by atoms with Gasteiger partial charge in [-0.3, -0.25) is 4.99 Å². The molecule has 0 spiro atoms. The van der Waals surface area contributed by atoms with Crippen molar-refractivity contribution in [3.63, 3.8) is 0 Å². The van der Waals surface area contributed by atoms with E-state index in [1.807, 2.05) is 0 Å². The van der Waals surface area contributed by atoms with Crippen LogP contribution in [0.1, 0.15) is 5.56 Å². The van der Waals surface area contributed by atoms with Gasteiger partial charge in [0, 0.05) is 15.5 Å². The first-order valence-corrected chi connectivity index (χ1v) is 7.23. The second kappa shape index (κ2) is 7.00. The molecule has 0 bridgehead atoms. The van der Waals surface area contributed by atoms with Crippen molar-refractivity contribution < 1.29 is 13.2 Å². The van der Waals surface area contributed by atoms with Crippen LogP contribution in [0.4, 0.5) is 13.2 Å². The quantitative estimate of drug-likeness (QED) is 0.415. The topological polar surface area (TPSA) is 12.4 Å². The predicted molar refractivity (Wildman–Crippen MR) is 81.2 cm³/mol. The van der Waals surface area contributed by atoms with Crippen molar-refractivity contribution in [2.75, 3.05) is 6.54 Å². The maximum Gasteiger partial charge on any atom is 0.407 e. The van der Waals surface area contributed by atoms with Gasteiger partial charge in [0.05, 0.1) is 0 Å². The number of hydrogen-bond donors (Lipinski definition) is 0. The van der Waals surface area contributed by atoms with E-state index in [1.165, 1.54) is 11.8 Å². The molecule has 0 fully saturated rings. The van der Waals surface area contributed by atoms with E-state index in [2.05, 4.69) is 4.99 Å². The summed E-state index contributed by atoms with van der Waals surface area (Å²) in [5.74, 6) is 0. The Kier molecular flexibility index (Phi) is 5.31. The zero-order chi connectivity index (χ0) is 15.3. The van der Waals surface area contributed by atoms with Gasteiger partial charge in [-0.15, -0.1) is 0 Å². The summed E-state index contributed by atoms with van der Waals surface area (Å²) in [6, 6.07) is 15.7. The molecular formula is C15H11ClF3NS. The van der Waals surface area contributed by atoms with Gasteiger partial charge in [0.25, 0.3) is 0 Å². The van der Waals surface area contributed by atoms with E-state index in [1.54, 1.807) is 54.6 Å². The van der Waals surface area contributed by atoms with Gasteiger partial charge >= 0.3 is 6.18 Å². The van der Waals surface area contributed by atoms with Gasteiger partial charge < -0.3 is 0 Å². The molecule has 0 aliphatic carbocycles. The summed E-state index contributed by atoms with van der Waals surface area (Å²) >= 11 is 6.98. The molecule has 110 valence electrons. The van der Waals surface area contributed by atoms with Crippen LogP contribution in [0.2, 0.25) is 5.02 Å². The first-order valence-electron chi connectivity index (χ1n) is 6.04. The molecule has 0 aromatic heterocycles. The molecule has 21 heavy (non-hydrogen) atoms. The molecule has 0 N–H and O–H groups in total. The Bertz CT molecular complexity index is 609. The van der Waals surface area contributed by atoms with Crippen molar-refractivity contribution >= 4 is 28.4 Å². The normalized spacial score (nSPS) is 12.5. The molecule has 0 radical (unpaired) electrons. The lowest BCUT2D eigenvalue weighted by molar-refractivity contribution is -0.118. The second-order valence-corrected chi connectivity index (χ2v) is 5.66. The van der Waals surface area contributed by atoms with Gasteiger partial charge in [-0.2, -0.15) is 13.2 Å². The molecule has 0 heterocycles. The second-order valence-electron chi connectivity index (χ2n) is 4.16. The number of halogens is 4. The third kappa shape index (κ3) is 5.44. The van der Waals surface area contributed by atoms with E-state index in [0.717, 1.165) is 4.90 Å². The number of nitrogens with zero attached hydrogens (tertiary/aromatic N) is 1. The van der Waals surface area contributed by atoms with E-state index in [4.69, 9.17) is 11.6 Å². The lowest BCUT2D eigenvalue weighted by Gasteiger charge is -2.08. The van der Waals surface area contributed by atoms with Crippen molar-refractivity contribution in [2.45, 2.75) is 11.1 Å². The Hall–Kier alpha value is -1.46. The Labute approximate surface area is 129 Å². The van der Waals surface area contributed by atoms with E-state index >= 15 is 0 Å². The van der Waals surface area contributed by atoms with Crippen LogP contribution >= 0.6 is 23.4 Å². The zero-order valence-electron chi connectivity index (χ0n) is 10.8. The highest BCUT2D eigenvalue weighted by molar-refractivity contribution is 8.14. The third-order valence-electron chi connectivity index (χ3n) is 2.45. The fraction of sp³-hybridized carbons (Fsp3) is 0.133. The Balaban J connectivity index is 2.26. The van der Waals surface area contributed by atoms with Gasteiger partial charge in [0.2, 0.25) is 0 Å².